The molecular formula is C56H41N3. The van der Waals surface area contributed by atoms with Crippen molar-refractivity contribution in [3.05, 3.63) is 243 Å². The lowest BCUT2D eigenvalue weighted by Gasteiger charge is -2.31. The number of nitrogens with one attached hydrogen (secondary N) is 1. The minimum atomic E-state index is 1.01. The van der Waals surface area contributed by atoms with Gasteiger partial charge in [0.05, 0.1) is 0 Å². The van der Waals surface area contributed by atoms with Crippen LogP contribution in [0.2, 0.25) is 0 Å². The predicted octanol–water partition coefficient (Wildman–Crippen LogP) is 16.0. The second-order valence-electron chi connectivity index (χ2n) is 14.7. The van der Waals surface area contributed by atoms with E-state index in [0.717, 1.165) is 51.1 Å². The van der Waals surface area contributed by atoms with Gasteiger partial charge in [0, 0.05) is 45.5 Å². The molecule has 3 nitrogen and oxygen atoms in total. The topological polar surface area (TPSA) is 18.5 Å². The fraction of sp³-hybridized carbons (Fsp3) is 0. The summed E-state index contributed by atoms with van der Waals surface area (Å²) in [6, 6.07) is 86.7. The quantitative estimate of drug-likeness (QED) is 0.140. The number of fused-ring (bicyclic) bond motifs is 2. The molecule has 0 unspecified atom stereocenters. The summed E-state index contributed by atoms with van der Waals surface area (Å²) < 4.78 is 0. The first-order valence-electron chi connectivity index (χ1n) is 20.1. The van der Waals surface area contributed by atoms with E-state index >= 15 is 0 Å². The van der Waals surface area contributed by atoms with Crippen LogP contribution in [0.25, 0.3) is 43.8 Å². The lowest BCUT2D eigenvalue weighted by atomic mass is 9.85. The van der Waals surface area contributed by atoms with Crippen LogP contribution in [0.5, 0.6) is 0 Å². The molecule has 0 aliphatic heterocycles. The number of benzene rings is 10. The Kier molecular flexibility index (Phi) is 9.59. The molecule has 0 atom stereocenters. The third-order valence-corrected chi connectivity index (χ3v) is 10.9. The summed E-state index contributed by atoms with van der Waals surface area (Å²) in [6.45, 7) is 0. The third kappa shape index (κ3) is 7.07. The van der Waals surface area contributed by atoms with Crippen molar-refractivity contribution in [3.8, 4) is 22.3 Å². The summed E-state index contributed by atoms with van der Waals surface area (Å²) in [5.74, 6) is 0. The Balaban J connectivity index is 1.27. The molecule has 0 saturated heterocycles. The highest BCUT2D eigenvalue weighted by atomic mass is 15.2. The molecule has 10 aromatic rings. The van der Waals surface area contributed by atoms with Gasteiger partial charge in [-0.2, -0.15) is 0 Å². The summed E-state index contributed by atoms with van der Waals surface area (Å²) in [5.41, 5.74) is 13.2. The highest BCUT2D eigenvalue weighted by Gasteiger charge is 2.22. The van der Waals surface area contributed by atoms with Crippen molar-refractivity contribution < 1.29 is 0 Å². The lowest BCUT2D eigenvalue weighted by Crippen LogP contribution is -2.13. The van der Waals surface area contributed by atoms with E-state index in [1.807, 2.05) is 6.07 Å². The highest BCUT2D eigenvalue weighted by Crippen LogP contribution is 2.48. The van der Waals surface area contributed by atoms with Crippen molar-refractivity contribution in [1.82, 2.24) is 0 Å². The van der Waals surface area contributed by atoms with Gasteiger partial charge in [0.1, 0.15) is 0 Å². The first-order chi connectivity index (χ1) is 29.3. The zero-order valence-corrected chi connectivity index (χ0v) is 32.5. The van der Waals surface area contributed by atoms with Gasteiger partial charge in [-0.1, -0.05) is 158 Å². The van der Waals surface area contributed by atoms with Gasteiger partial charge >= 0.3 is 0 Å². The number of rotatable bonds is 10. The van der Waals surface area contributed by atoms with Crippen molar-refractivity contribution in [1.29, 1.82) is 0 Å². The monoisotopic (exact) mass is 755 g/mol. The van der Waals surface area contributed by atoms with E-state index in [0.29, 0.717) is 0 Å². The largest absolute Gasteiger partial charge is 0.355 e. The Hall–Kier alpha value is -7.88. The average molecular weight is 756 g/mol. The molecule has 0 radical (unpaired) electrons. The van der Waals surface area contributed by atoms with Crippen LogP contribution in [0.1, 0.15) is 0 Å². The molecule has 0 heterocycles. The normalized spacial score (nSPS) is 11.1. The lowest BCUT2D eigenvalue weighted by molar-refractivity contribution is 1.25. The van der Waals surface area contributed by atoms with Gasteiger partial charge in [-0.15, -0.1) is 0 Å². The zero-order chi connectivity index (χ0) is 39.4. The maximum Gasteiger partial charge on any atom is 0.0488 e. The molecule has 0 amide bonds. The molecule has 0 aromatic heterocycles. The Labute approximate surface area is 345 Å². The summed E-state index contributed by atoms with van der Waals surface area (Å²) in [5, 5.41) is 8.50. The van der Waals surface area contributed by atoms with Crippen LogP contribution in [0.15, 0.2) is 243 Å². The first kappa shape index (κ1) is 35.5. The molecule has 0 aliphatic rings. The van der Waals surface area contributed by atoms with Crippen LogP contribution < -0.4 is 15.1 Å². The Morgan fingerprint density at radius 2 is 0.593 bits per heavy atom. The Morgan fingerprint density at radius 1 is 0.237 bits per heavy atom. The van der Waals surface area contributed by atoms with Crippen molar-refractivity contribution in [3.63, 3.8) is 0 Å². The maximum absolute atomic E-state index is 3.64. The van der Waals surface area contributed by atoms with E-state index in [-0.39, 0.29) is 0 Å². The van der Waals surface area contributed by atoms with Gasteiger partial charge in [0.2, 0.25) is 0 Å². The highest BCUT2D eigenvalue weighted by molar-refractivity contribution is 6.21. The average Bonchev–Trinajstić information content (AvgIpc) is 3.30. The number of anilines is 8. The summed E-state index contributed by atoms with van der Waals surface area (Å²) >= 11 is 0. The molecule has 10 rings (SSSR count). The summed E-state index contributed by atoms with van der Waals surface area (Å²) in [7, 11) is 0. The molecule has 10 aromatic carbocycles. The van der Waals surface area contributed by atoms with Crippen molar-refractivity contribution in [2.45, 2.75) is 0 Å². The van der Waals surface area contributed by atoms with E-state index in [9.17, 15) is 0 Å². The zero-order valence-electron chi connectivity index (χ0n) is 32.5. The Bertz CT molecular complexity index is 2910. The number of nitrogens with zero attached hydrogens (tertiary/aromatic N) is 2. The molecule has 0 fully saturated rings. The fourth-order valence-electron chi connectivity index (χ4n) is 8.39. The second kappa shape index (κ2) is 15.9. The van der Waals surface area contributed by atoms with Gasteiger partial charge in [-0.05, 0) is 129 Å². The SMILES string of the molecule is c1ccc(Nc2cccc(N(c3ccccc3)c3cc(-c4c5ccccc5c(-c5ccccc5)c5ccccc45)cc(N(c4ccccc4)c4ccccc4)c3)c2)cc1. The molecule has 280 valence electrons. The van der Waals surface area contributed by atoms with Crippen LogP contribution >= 0.6 is 0 Å². The number of para-hydroxylation sites is 4. The number of hydrogen-bond donors (Lipinski definition) is 1. The second-order valence-corrected chi connectivity index (χ2v) is 14.7. The smallest absolute Gasteiger partial charge is 0.0488 e. The van der Waals surface area contributed by atoms with Crippen LogP contribution in [0.4, 0.5) is 45.5 Å². The van der Waals surface area contributed by atoms with Gasteiger partial charge in [-0.3, -0.25) is 0 Å². The van der Waals surface area contributed by atoms with Crippen molar-refractivity contribution in [2.75, 3.05) is 15.1 Å². The van der Waals surface area contributed by atoms with Gasteiger partial charge in [-0.25, -0.2) is 0 Å². The van der Waals surface area contributed by atoms with Gasteiger partial charge in [0.25, 0.3) is 0 Å². The van der Waals surface area contributed by atoms with E-state index < -0.39 is 0 Å². The van der Waals surface area contributed by atoms with Crippen molar-refractivity contribution >= 4 is 67.0 Å². The third-order valence-electron chi connectivity index (χ3n) is 10.9. The summed E-state index contributed by atoms with van der Waals surface area (Å²) in [6.07, 6.45) is 0. The number of hydrogen-bond acceptors (Lipinski definition) is 3. The van der Waals surface area contributed by atoms with Crippen molar-refractivity contribution in [2.24, 2.45) is 0 Å². The van der Waals surface area contributed by atoms with Crippen LogP contribution in [-0.4, -0.2) is 0 Å². The molecule has 59 heavy (non-hydrogen) atoms. The minimum absolute atomic E-state index is 1.01. The molecule has 0 aliphatic carbocycles. The maximum atomic E-state index is 3.64. The molecule has 0 saturated carbocycles. The summed E-state index contributed by atoms with van der Waals surface area (Å²) in [4.78, 5) is 4.74. The van der Waals surface area contributed by atoms with Crippen LogP contribution in [-0.2, 0) is 0 Å². The van der Waals surface area contributed by atoms with E-state index in [1.54, 1.807) is 0 Å². The van der Waals surface area contributed by atoms with Crippen LogP contribution in [0.3, 0.4) is 0 Å². The molecule has 0 bridgehead atoms. The van der Waals surface area contributed by atoms with E-state index in [1.165, 1.54) is 38.2 Å². The molecular weight excluding hydrogens is 715 g/mol. The van der Waals surface area contributed by atoms with Crippen LogP contribution in [0, 0.1) is 0 Å². The predicted molar refractivity (Wildman–Crippen MR) is 251 cm³/mol. The standard InChI is InChI=1S/C56H41N3/c1-6-21-41(22-7-1)55-51-33-16-18-35-53(51)56(54-36-19-17-34-52(54)55)42-37-49(58(45-26-10-3-11-27-45)46-28-12-4-13-29-46)40-50(38-42)59(47-30-14-5-15-31-47)48-32-20-25-44(39-48)57-43-23-8-2-9-24-43/h1-40,57H. The molecule has 0 spiro atoms. The molecule has 1 N–H and O–H groups in total. The first-order valence-corrected chi connectivity index (χ1v) is 20.1. The Morgan fingerprint density at radius 3 is 1.07 bits per heavy atom. The van der Waals surface area contributed by atoms with E-state index in [2.05, 4.69) is 252 Å². The van der Waals surface area contributed by atoms with Gasteiger partial charge < -0.3 is 15.1 Å². The fourth-order valence-corrected chi connectivity index (χ4v) is 8.39. The minimum Gasteiger partial charge on any atom is -0.355 e. The van der Waals surface area contributed by atoms with Gasteiger partial charge in [0.15, 0.2) is 0 Å². The molecule has 3 heteroatoms. The van der Waals surface area contributed by atoms with E-state index in [4.69, 9.17) is 0 Å².